The number of nitro groups is 1. The van der Waals surface area contributed by atoms with Crippen LogP contribution in [0.5, 0.6) is 5.75 Å². The summed E-state index contributed by atoms with van der Waals surface area (Å²) in [4.78, 5) is 21.8. The first-order valence-electron chi connectivity index (χ1n) is 7.92. The van der Waals surface area contributed by atoms with Crippen LogP contribution in [0, 0.1) is 10.1 Å². The van der Waals surface area contributed by atoms with E-state index < -0.39 is 22.7 Å². The van der Waals surface area contributed by atoms with Gasteiger partial charge in [0, 0.05) is 18.1 Å². The van der Waals surface area contributed by atoms with Crippen LogP contribution in [0.1, 0.15) is 49.4 Å². The maximum atomic E-state index is 11.9. The first kappa shape index (κ1) is 19.8. The first-order valence-corrected chi connectivity index (χ1v) is 7.92. The van der Waals surface area contributed by atoms with E-state index >= 15 is 0 Å². The molecule has 0 spiro atoms. The zero-order valence-electron chi connectivity index (χ0n) is 13.7. The first-order chi connectivity index (χ1) is 11.5. The minimum Gasteiger partial charge on any atom is -0.502 e. The molecule has 1 rings (SSSR count). The number of phenolic OH excluding ortho intramolecular Hbond substituents is 1. The highest BCUT2D eigenvalue weighted by Gasteiger charge is 2.15. The lowest BCUT2D eigenvalue weighted by Crippen LogP contribution is -2.09. The molecule has 24 heavy (non-hydrogen) atoms. The zero-order valence-corrected chi connectivity index (χ0v) is 13.7. The van der Waals surface area contributed by atoms with Gasteiger partial charge in [0.05, 0.1) is 11.5 Å². The van der Waals surface area contributed by atoms with Crippen molar-refractivity contribution in [2.24, 2.45) is 0 Å². The molecule has 7 nitrogen and oxygen atoms in total. The van der Waals surface area contributed by atoms with Gasteiger partial charge in [-0.1, -0.05) is 32.3 Å². The van der Waals surface area contributed by atoms with E-state index in [1.54, 1.807) is 0 Å². The fraction of sp³-hybridized carbons (Fsp3) is 0.471. The summed E-state index contributed by atoms with van der Waals surface area (Å²) < 4.78 is 5.18. The van der Waals surface area contributed by atoms with Gasteiger partial charge in [-0.25, -0.2) is 0 Å². The Kier molecular flexibility index (Phi) is 8.67. The van der Waals surface area contributed by atoms with Crippen molar-refractivity contribution in [1.82, 2.24) is 0 Å². The van der Waals surface area contributed by atoms with Crippen LogP contribution >= 0.6 is 0 Å². The topological polar surface area (TPSA) is 110 Å². The fourth-order valence-electron chi connectivity index (χ4n) is 2.05. The molecule has 0 heterocycles. The molecule has 0 amide bonds. The SMILES string of the molecule is CCCCCCOC(O)C=CCC(=O)c1ccc([N+](=O)[O-])c(O)c1. The summed E-state index contributed by atoms with van der Waals surface area (Å²) in [6.07, 6.45) is 5.96. The molecular formula is C17H23NO6. The number of carbonyl (C=O) groups excluding carboxylic acids is 1. The predicted molar refractivity (Wildman–Crippen MR) is 88.9 cm³/mol. The number of benzene rings is 1. The molecule has 1 aromatic carbocycles. The third-order valence-corrected chi connectivity index (χ3v) is 3.38. The quantitative estimate of drug-likeness (QED) is 0.160. The molecule has 1 aromatic rings. The molecule has 0 aliphatic rings. The zero-order chi connectivity index (χ0) is 17.9. The molecule has 0 aromatic heterocycles. The number of ketones is 1. The van der Waals surface area contributed by atoms with Gasteiger partial charge in [0.25, 0.3) is 0 Å². The van der Waals surface area contributed by atoms with Crippen LogP contribution < -0.4 is 0 Å². The van der Waals surface area contributed by atoms with Crippen LogP contribution in [-0.4, -0.2) is 33.8 Å². The number of hydrogen-bond acceptors (Lipinski definition) is 6. The van der Waals surface area contributed by atoms with Crippen LogP contribution in [-0.2, 0) is 4.74 Å². The maximum absolute atomic E-state index is 11.9. The third kappa shape index (κ3) is 6.89. The average molecular weight is 337 g/mol. The number of allylic oxidation sites excluding steroid dienone is 1. The monoisotopic (exact) mass is 337 g/mol. The summed E-state index contributed by atoms with van der Waals surface area (Å²) in [5, 5.41) is 29.7. The van der Waals surface area contributed by atoms with Crippen LogP contribution in [0.25, 0.3) is 0 Å². The van der Waals surface area contributed by atoms with Crippen molar-refractivity contribution in [3.05, 3.63) is 46.0 Å². The van der Waals surface area contributed by atoms with Crippen LogP contribution in [0.2, 0.25) is 0 Å². The fourth-order valence-corrected chi connectivity index (χ4v) is 2.05. The number of aromatic hydroxyl groups is 1. The molecule has 0 saturated carbocycles. The molecule has 0 aliphatic carbocycles. The average Bonchev–Trinajstić information content (AvgIpc) is 2.54. The van der Waals surface area contributed by atoms with Gasteiger partial charge in [-0.05, 0) is 24.6 Å². The largest absolute Gasteiger partial charge is 0.502 e. The normalized spacial score (nSPS) is 12.4. The summed E-state index contributed by atoms with van der Waals surface area (Å²) in [6, 6.07) is 3.43. The second kappa shape index (κ2) is 10.5. The van der Waals surface area contributed by atoms with Crippen LogP contribution in [0.4, 0.5) is 5.69 Å². The smallest absolute Gasteiger partial charge is 0.310 e. The second-order valence-electron chi connectivity index (χ2n) is 5.34. The molecule has 0 aliphatic heterocycles. The molecule has 1 unspecified atom stereocenters. The number of nitro benzene ring substituents is 1. The van der Waals surface area contributed by atoms with Crippen molar-refractivity contribution in [2.45, 2.75) is 45.3 Å². The number of ether oxygens (including phenoxy) is 1. The number of aliphatic hydroxyl groups excluding tert-OH is 1. The summed E-state index contributed by atoms with van der Waals surface area (Å²) in [5.74, 6) is -0.878. The Morgan fingerprint density at radius 3 is 2.75 bits per heavy atom. The standard InChI is InChI=1S/C17H23NO6/c1-2-3-4-5-11-24-17(21)8-6-7-15(19)13-9-10-14(18(22)23)16(20)12-13/h6,8-10,12,17,20-21H,2-5,7,11H2,1H3. The number of carbonyl (C=O) groups is 1. The van der Waals surface area contributed by atoms with E-state index in [1.807, 2.05) is 0 Å². The van der Waals surface area contributed by atoms with E-state index in [0.717, 1.165) is 37.8 Å². The molecule has 132 valence electrons. The predicted octanol–water partition coefficient (Wildman–Crippen LogP) is 3.34. The molecule has 0 fully saturated rings. The Bertz CT molecular complexity index is 584. The number of nitrogens with zero attached hydrogens (tertiary/aromatic N) is 1. The van der Waals surface area contributed by atoms with Crippen molar-refractivity contribution in [3.63, 3.8) is 0 Å². The van der Waals surface area contributed by atoms with Crippen LogP contribution in [0.15, 0.2) is 30.4 Å². The van der Waals surface area contributed by atoms with Crippen molar-refractivity contribution in [1.29, 1.82) is 0 Å². The Balaban J connectivity index is 2.42. The van der Waals surface area contributed by atoms with Crippen molar-refractivity contribution < 1.29 is 24.7 Å². The summed E-state index contributed by atoms with van der Waals surface area (Å²) in [6.45, 7) is 2.57. The number of aliphatic hydroxyl groups is 1. The number of rotatable bonds is 11. The highest BCUT2D eigenvalue weighted by molar-refractivity contribution is 5.97. The van der Waals surface area contributed by atoms with Crippen molar-refractivity contribution >= 4 is 11.5 Å². The van der Waals surface area contributed by atoms with Crippen molar-refractivity contribution in [3.8, 4) is 5.75 Å². The molecule has 0 saturated heterocycles. The van der Waals surface area contributed by atoms with Gasteiger partial charge >= 0.3 is 5.69 Å². The molecular weight excluding hydrogens is 314 g/mol. The molecule has 2 N–H and O–H groups in total. The highest BCUT2D eigenvalue weighted by Crippen LogP contribution is 2.26. The van der Waals surface area contributed by atoms with E-state index in [4.69, 9.17) is 4.74 Å². The Hall–Kier alpha value is -2.25. The number of phenols is 1. The minimum absolute atomic E-state index is 0.00644. The van der Waals surface area contributed by atoms with Gasteiger partial charge < -0.3 is 14.9 Å². The number of Topliss-reactive ketones (excluding diaryl/α,β-unsaturated/α-hetero) is 1. The summed E-state index contributed by atoms with van der Waals surface area (Å²) in [5.41, 5.74) is -0.285. The number of hydrogen-bond donors (Lipinski definition) is 2. The Morgan fingerprint density at radius 1 is 1.38 bits per heavy atom. The lowest BCUT2D eigenvalue weighted by Gasteiger charge is -2.07. The van der Waals surface area contributed by atoms with E-state index in [2.05, 4.69) is 6.92 Å². The van der Waals surface area contributed by atoms with Gasteiger partial charge in [-0.3, -0.25) is 14.9 Å². The molecule has 0 bridgehead atoms. The van der Waals surface area contributed by atoms with E-state index in [0.29, 0.717) is 6.61 Å². The van der Waals surface area contributed by atoms with Crippen LogP contribution in [0.3, 0.4) is 0 Å². The minimum atomic E-state index is -1.07. The van der Waals surface area contributed by atoms with Gasteiger partial charge in [-0.2, -0.15) is 0 Å². The molecule has 0 radical (unpaired) electrons. The third-order valence-electron chi connectivity index (χ3n) is 3.38. The second-order valence-corrected chi connectivity index (χ2v) is 5.34. The van der Waals surface area contributed by atoms with E-state index in [-0.39, 0.29) is 17.8 Å². The molecule has 1 atom stereocenters. The van der Waals surface area contributed by atoms with E-state index in [1.165, 1.54) is 18.2 Å². The van der Waals surface area contributed by atoms with Gasteiger partial charge in [0.1, 0.15) is 0 Å². The Labute approximate surface area is 140 Å². The van der Waals surface area contributed by atoms with E-state index in [9.17, 15) is 25.1 Å². The lowest BCUT2D eigenvalue weighted by atomic mass is 10.1. The highest BCUT2D eigenvalue weighted by atomic mass is 16.6. The molecule has 7 heteroatoms. The Morgan fingerprint density at radius 2 is 2.12 bits per heavy atom. The summed E-state index contributed by atoms with van der Waals surface area (Å²) >= 11 is 0. The lowest BCUT2D eigenvalue weighted by molar-refractivity contribution is -0.385. The van der Waals surface area contributed by atoms with Gasteiger partial charge in [0.15, 0.2) is 17.8 Å². The number of unbranched alkanes of at least 4 members (excludes halogenated alkanes) is 3. The van der Waals surface area contributed by atoms with Gasteiger partial charge in [0.2, 0.25) is 0 Å². The maximum Gasteiger partial charge on any atom is 0.310 e. The van der Waals surface area contributed by atoms with Gasteiger partial charge in [-0.15, -0.1) is 0 Å². The van der Waals surface area contributed by atoms with Crippen molar-refractivity contribution in [2.75, 3.05) is 6.61 Å². The summed E-state index contributed by atoms with van der Waals surface area (Å²) in [7, 11) is 0.